The molecule has 0 saturated heterocycles. The summed E-state index contributed by atoms with van der Waals surface area (Å²) in [6.07, 6.45) is 0. The van der Waals surface area contributed by atoms with E-state index in [0.717, 1.165) is 0 Å². The van der Waals surface area contributed by atoms with E-state index >= 15 is 0 Å². The summed E-state index contributed by atoms with van der Waals surface area (Å²) < 4.78 is 18.0. The van der Waals surface area contributed by atoms with Crippen LogP contribution in [0.5, 0.6) is 0 Å². The lowest BCUT2D eigenvalue weighted by Crippen LogP contribution is -1.64. The number of hydrogen-bond donors (Lipinski definition) is 1. The predicted molar refractivity (Wildman–Crippen MR) is 18.8 cm³/mol. The Morgan fingerprint density at radius 3 is 2.20 bits per heavy atom. The normalized spacial score (nSPS) is 7.20. The van der Waals surface area contributed by atoms with Gasteiger partial charge in [0, 0.05) is 0 Å². The van der Waals surface area contributed by atoms with E-state index < -0.39 is 10.6 Å². The summed E-state index contributed by atoms with van der Waals surface area (Å²) >= 11 is 0. The number of nitrogens with one attached hydrogen (secondary N) is 1. The number of hydrogen-bond acceptors (Lipinski definition) is 3. The van der Waals surface area contributed by atoms with Crippen molar-refractivity contribution >= 4 is 10.6 Å². The standard InChI is InChI=1S/CH4N2OS/c1-4-5(2)3/h2H,1H3. The van der Waals surface area contributed by atoms with E-state index in [2.05, 4.69) is 4.18 Å². The maximum absolute atomic E-state index is 7.83. The van der Waals surface area contributed by atoms with Gasteiger partial charge in [0.15, 0.2) is 10.6 Å². The molecule has 0 unspecified atom stereocenters. The quantitative estimate of drug-likeness (QED) is 0.470. The zero-order valence-electron chi connectivity index (χ0n) is 2.76. The maximum atomic E-state index is 7.83. The van der Waals surface area contributed by atoms with Gasteiger partial charge < -0.3 is 0 Å². The lowest BCUT2D eigenvalue weighted by atomic mass is 11.8. The van der Waals surface area contributed by atoms with Crippen LogP contribution in [0.15, 0.2) is 0 Å². The van der Waals surface area contributed by atoms with Crippen LogP contribution in [-0.2, 0) is 14.8 Å². The molecule has 0 bridgehead atoms. The minimum atomic E-state index is -1.57. The molecule has 3 nitrogen and oxygen atoms in total. The Bertz CT molecular complexity index is 111. The topological polar surface area (TPSA) is 56.9 Å². The Morgan fingerprint density at radius 1 is 2.00 bits per heavy atom. The highest BCUT2D eigenvalue weighted by molar-refractivity contribution is 7.66. The van der Waals surface area contributed by atoms with E-state index in [0.29, 0.717) is 0 Å². The Hall–Kier alpha value is -0.310. The molecule has 0 fully saturated rings. The van der Waals surface area contributed by atoms with E-state index in [1.54, 1.807) is 0 Å². The molecule has 0 aliphatic carbocycles. The van der Waals surface area contributed by atoms with Gasteiger partial charge in [-0.3, -0.25) is 4.18 Å². The molecule has 0 aromatic rings. The third kappa shape index (κ3) is 3.69. The van der Waals surface area contributed by atoms with Gasteiger partial charge in [0.2, 0.25) is 0 Å². The Labute approximate surface area is 32.3 Å². The van der Waals surface area contributed by atoms with Gasteiger partial charge in [0.05, 0.1) is 7.11 Å². The fraction of sp³-hybridized carbons (Fsp3) is 1.00. The number of rotatable bonds is 0. The average molecular weight is 92.1 g/mol. The second-order valence-electron chi connectivity index (χ2n) is 0.416. The van der Waals surface area contributed by atoms with Crippen molar-refractivity contribution in [2.45, 2.75) is 0 Å². The van der Waals surface area contributed by atoms with Crippen molar-refractivity contribution in [3.63, 3.8) is 0 Å². The predicted octanol–water partition coefficient (Wildman–Crippen LogP) is 0.408. The third-order valence-electron chi connectivity index (χ3n) is 0.158. The SMILES string of the molecule is COS(#N)=N. The smallest absolute Gasteiger partial charge is 0.183 e. The lowest BCUT2D eigenvalue weighted by molar-refractivity contribution is 0.484. The summed E-state index contributed by atoms with van der Waals surface area (Å²) in [7, 11) is -0.299. The average Bonchev–Trinajstić information content (AvgIpc) is 1.38. The first kappa shape index (κ1) is 4.69. The summed E-state index contributed by atoms with van der Waals surface area (Å²) in [4.78, 5) is 0. The molecular formula is CH4N2OS. The fourth-order valence-corrected chi connectivity index (χ4v) is 0. The number of nitrogens with zero attached hydrogens (tertiary/aromatic N) is 1. The van der Waals surface area contributed by atoms with Crippen LogP contribution in [0.25, 0.3) is 0 Å². The first-order valence-corrected chi connectivity index (χ1v) is 2.07. The van der Waals surface area contributed by atoms with Crippen LogP contribution in [0.1, 0.15) is 0 Å². The molecule has 0 aliphatic rings. The molecule has 0 aromatic heterocycles. The third-order valence-corrected chi connectivity index (χ3v) is 0.474. The highest BCUT2D eigenvalue weighted by Gasteiger charge is 1.55. The molecular weight excluding hydrogens is 88.1 g/mol. The monoisotopic (exact) mass is 92.0 g/mol. The van der Waals surface area contributed by atoms with Gasteiger partial charge in [-0.05, 0) is 0 Å². The molecule has 0 amide bonds. The summed E-state index contributed by atoms with van der Waals surface area (Å²) in [6.45, 7) is 0. The first-order chi connectivity index (χ1) is 2.27. The lowest BCUT2D eigenvalue weighted by Gasteiger charge is -1.65. The van der Waals surface area contributed by atoms with Crippen molar-refractivity contribution in [1.29, 1.82) is 9.39 Å². The fourth-order valence-electron chi connectivity index (χ4n) is 0. The van der Waals surface area contributed by atoms with Crippen molar-refractivity contribution < 1.29 is 4.18 Å². The highest BCUT2D eigenvalue weighted by Crippen LogP contribution is 1.54. The molecule has 5 heavy (non-hydrogen) atoms. The zero-order chi connectivity index (χ0) is 4.28. The molecule has 0 spiro atoms. The van der Waals surface area contributed by atoms with Gasteiger partial charge in [-0.15, -0.1) is 4.61 Å². The van der Waals surface area contributed by atoms with E-state index in [9.17, 15) is 0 Å². The molecule has 30 valence electrons. The van der Waals surface area contributed by atoms with Gasteiger partial charge >= 0.3 is 0 Å². The first-order valence-electron chi connectivity index (χ1n) is 0.962. The molecule has 0 aliphatic heterocycles. The summed E-state index contributed by atoms with van der Waals surface area (Å²) in [5.41, 5.74) is 0. The van der Waals surface area contributed by atoms with E-state index in [1.165, 1.54) is 7.11 Å². The van der Waals surface area contributed by atoms with Gasteiger partial charge in [-0.2, -0.15) is 0 Å². The summed E-state index contributed by atoms with van der Waals surface area (Å²) in [5, 5.41) is 0. The minimum Gasteiger partial charge on any atom is -0.266 e. The van der Waals surface area contributed by atoms with Crippen molar-refractivity contribution in [3.05, 3.63) is 0 Å². The van der Waals surface area contributed by atoms with Crippen LogP contribution in [0.4, 0.5) is 0 Å². The molecule has 0 atom stereocenters. The van der Waals surface area contributed by atoms with Crippen molar-refractivity contribution in [2.75, 3.05) is 7.11 Å². The van der Waals surface area contributed by atoms with Gasteiger partial charge in [0.1, 0.15) is 0 Å². The van der Waals surface area contributed by atoms with Gasteiger partial charge in [-0.1, -0.05) is 0 Å². The molecule has 4 heteroatoms. The molecule has 0 saturated carbocycles. The van der Waals surface area contributed by atoms with Crippen molar-refractivity contribution in [1.82, 2.24) is 0 Å². The van der Waals surface area contributed by atoms with Crippen LogP contribution < -0.4 is 0 Å². The van der Waals surface area contributed by atoms with Crippen LogP contribution in [0.2, 0.25) is 0 Å². The molecule has 0 aromatic carbocycles. The zero-order valence-corrected chi connectivity index (χ0v) is 3.58. The Balaban J connectivity index is 3.39. The van der Waals surface area contributed by atoms with E-state index in [-0.39, 0.29) is 0 Å². The van der Waals surface area contributed by atoms with Gasteiger partial charge in [0.25, 0.3) is 0 Å². The van der Waals surface area contributed by atoms with Crippen LogP contribution in [0.3, 0.4) is 0 Å². The van der Waals surface area contributed by atoms with Crippen LogP contribution in [-0.4, -0.2) is 7.11 Å². The Kier molecular flexibility index (Phi) is 1.84. The van der Waals surface area contributed by atoms with E-state index in [4.69, 9.17) is 9.39 Å². The van der Waals surface area contributed by atoms with E-state index in [1.807, 2.05) is 0 Å². The molecule has 0 heterocycles. The molecule has 0 rings (SSSR count). The second kappa shape index (κ2) is 1.96. The highest BCUT2D eigenvalue weighted by atomic mass is 32.2. The largest absolute Gasteiger partial charge is 0.266 e. The summed E-state index contributed by atoms with van der Waals surface area (Å²) in [6, 6.07) is 0. The minimum absolute atomic E-state index is 1.27. The Morgan fingerprint density at radius 2 is 2.20 bits per heavy atom. The summed E-state index contributed by atoms with van der Waals surface area (Å²) in [5.74, 6) is 0. The van der Waals surface area contributed by atoms with Crippen LogP contribution in [0, 0.1) is 9.39 Å². The second-order valence-corrected chi connectivity index (χ2v) is 1.25. The van der Waals surface area contributed by atoms with Crippen LogP contribution >= 0.6 is 0 Å². The van der Waals surface area contributed by atoms with Crippen molar-refractivity contribution in [3.8, 4) is 0 Å². The molecule has 1 N–H and O–H groups in total. The van der Waals surface area contributed by atoms with Crippen molar-refractivity contribution in [2.24, 2.45) is 0 Å². The molecule has 0 radical (unpaired) electrons. The maximum Gasteiger partial charge on any atom is 0.183 e. The van der Waals surface area contributed by atoms with Gasteiger partial charge in [-0.25, -0.2) is 4.78 Å².